The highest BCUT2D eigenvalue weighted by Gasteiger charge is 2.09. The van der Waals surface area contributed by atoms with Crippen molar-refractivity contribution >= 4 is 40.6 Å². The van der Waals surface area contributed by atoms with Crippen LogP contribution in [0.15, 0.2) is 53.4 Å². The largest absolute Gasteiger partial charge is 0.376 e. The number of amides is 1. The molecule has 1 amide bonds. The molecule has 0 atom stereocenters. The van der Waals surface area contributed by atoms with Crippen LogP contribution in [0.5, 0.6) is 0 Å². The minimum atomic E-state index is -0.0470. The van der Waals surface area contributed by atoms with Gasteiger partial charge in [0.05, 0.1) is 17.1 Å². The van der Waals surface area contributed by atoms with E-state index in [9.17, 15) is 4.79 Å². The molecule has 0 heterocycles. The van der Waals surface area contributed by atoms with Gasteiger partial charge in [-0.05, 0) is 30.3 Å². The predicted molar refractivity (Wildman–Crippen MR) is 91.6 cm³/mol. The maximum Gasteiger partial charge on any atom is 0.234 e. The number of rotatable bonds is 5. The number of nitrogens with zero attached hydrogens (tertiary/aromatic N) is 1. The second-order valence-corrected chi connectivity index (χ2v) is 6.19. The number of anilines is 2. The summed E-state index contributed by atoms with van der Waals surface area (Å²) in [5.74, 6) is 0.317. The van der Waals surface area contributed by atoms with E-state index in [1.165, 1.54) is 11.8 Å². The molecule has 0 aliphatic heterocycles. The van der Waals surface area contributed by atoms with Crippen molar-refractivity contribution in [3.05, 3.63) is 53.6 Å². The molecule has 21 heavy (non-hydrogen) atoms. The van der Waals surface area contributed by atoms with Crippen LogP contribution in [0.25, 0.3) is 0 Å². The molecule has 110 valence electrons. The van der Waals surface area contributed by atoms with Crippen LogP contribution in [0.3, 0.4) is 0 Å². The fourth-order valence-electron chi connectivity index (χ4n) is 1.85. The van der Waals surface area contributed by atoms with Gasteiger partial charge in [-0.1, -0.05) is 29.8 Å². The first-order valence-electron chi connectivity index (χ1n) is 6.51. The fourth-order valence-corrected chi connectivity index (χ4v) is 2.74. The van der Waals surface area contributed by atoms with Gasteiger partial charge in [0, 0.05) is 24.0 Å². The summed E-state index contributed by atoms with van der Waals surface area (Å²) in [6.07, 6.45) is 0. The molecule has 0 bridgehead atoms. The second kappa shape index (κ2) is 7.38. The number of halogens is 1. The smallest absolute Gasteiger partial charge is 0.234 e. The van der Waals surface area contributed by atoms with Gasteiger partial charge in [0.15, 0.2) is 0 Å². The van der Waals surface area contributed by atoms with Crippen molar-refractivity contribution in [3.8, 4) is 0 Å². The van der Waals surface area contributed by atoms with Crippen LogP contribution in [0.1, 0.15) is 0 Å². The molecule has 0 spiro atoms. The van der Waals surface area contributed by atoms with Crippen LogP contribution in [0.4, 0.5) is 11.4 Å². The van der Waals surface area contributed by atoms with Crippen LogP contribution in [-0.4, -0.2) is 25.8 Å². The fraction of sp³-hybridized carbons (Fsp3) is 0.188. The molecule has 0 unspecified atom stereocenters. The van der Waals surface area contributed by atoms with Crippen LogP contribution in [0.2, 0.25) is 5.02 Å². The van der Waals surface area contributed by atoms with Gasteiger partial charge in [-0.15, -0.1) is 11.8 Å². The van der Waals surface area contributed by atoms with E-state index < -0.39 is 0 Å². The van der Waals surface area contributed by atoms with Crippen molar-refractivity contribution in [2.45, 2.75) is 4.90 Å². The van der Waals surface area contributed by atoms with Gasteiger partial charge in [-0.25, -0.2) is 0 Å². The van der Waals surface area contributed by atoms with Gasteiger partial charge in [0.1, 0.15) is 0 Å². The van der Waals surface area contributed by atoms with E-state index in [0.717, 1.165) is 16.3 Å². The van der Waals surface area contributed by atoms with E-state index in [-0.39, 0.29) is 5.91 Å². The lowest BCUT2D eigenvalue weighted by Crippen LogP contribution is -2.18. The second-order valence-electron chi connectivity index (χ2n) is 4.71. The first kappa shape index (κ1) is 15.7. The number of hydrogen-bond donors (Lipinski definition) is 1. The lowest BCUT2D eigenvalue weighted by Gasteiger charge is -2.18. The highest BCUT2D eigenvalue weighted by atomic mass is 35.5. The Morgan fingerprint density at radius 2 is 1.90 bits per heavy atom. The van der Waals surface area contributed by atoms with Crippen molar-refractivity contribution in [2.75, 3.05) is 30.1 Å². The van der Waals surface area contributed by atoms with Crippen LogP contribution >= 0.6 is 23.4 Å². The molecule has 0 fully saturated rings. The molecular weight excluding hydrogens is 304 g/mol. The first-order valence-corrected chi connectivity index (χ1v) is 7.87. The van der Waals surface area contributed by atoms with Crippen molar-refractivity contribution in [2.24, 2.45) is 0 Å². The molecular formula is C16H17ClN2OS. The number of thioether (sulfide) groups is 1. The van der Waals surface area contributed by atoms with E-state index in [0.29, 0.717) is 10.8 Å². The standard InChI is InChI=1S/C16H17ClN2OS/c1-19(2)15-9-8-12(17)10-14(15)18-16(20)11-21-13-6-4-3-5-7-13/h3-10H,11H2,1-2H3,(H,18,20). The summed E-state index contributed by atoms with van der Waals surface area (Å²) >= 11 is 7.51. The van der Waals surface area contributed by atoms with Crippen molar-refractivity contribution < 1.29 is 4.79 Å². The van der Waals surface area contributed by atoms with Gasteiger partial charge in [-0.2, -0.15) is 0 Å². The molecule has 0 saturated heterocycles. The molecule has 0 aromatic heterocycles. The normalized spacial score (nSPS) is 10.2. The molecule has 0 aliphatic carbocycles. The highest BCUT2D eigenvalue weighted by molar-refractivity contribution is 8.00. The Morgan fingerprint density at radius 1 is 1.19 bits per heavy atom. The third-order valence-electron chi connectivity index (χ3n) is 2.83. The zero-order valence-corrected chi connectivity index (χ0v) is 13.5. The van der Waals surface area contributed by atoms with E-state index >= 15 is 0 Å². The maximum atomic E-state index is 12.1. The van der Waals surface area contributed by atoms with Gasteiger partial charge in [0.25, 0.3) is 0 Å². The zero-order valence-electron chi connectivity index (χ0n) is 12.0. The monoisotopic (exact) mass is 320 g/mol. The third kappa shape index (κ3) is 4.69. The molecule has 0 radical (unpaired) electrons. The topological polar surface area (TPSA) is 32.3 Å². The van der Waals surface area contributed by atoms with E-state index in [4.69, 9.17) is 11.6 Å². The lowest BCUT2D eigenvalue weighted by molar-refractivity contribution is -0.113. The molecule has 5 heteroatoms. The molecule has 1 N–H and O–H groups in total. The average Bonchev–Trinajstić information content (AvgIpc) is 2.46. The van der Waals surface area contributed by atoms with Gasteiger partial charge in [-0.3, -0.25) is 4.79 Å². The molecule has 3 nitrogen and oxygen atoms in total. The van der Waals surface area contributed by atoms with Gasteiger partial charge in [0.2, 0.25) is 5.91 Å². The van der Waals surface area contributed by atoms with E-state index in [1.807, 2.05) is 61.5 Å². The average molecular weight is 321 g/mol. The number of carbonyl (C=O) groups is 1. The van der Waals surface area contributed by atoms with Crippen LogP contribution in [-0.2, 0) is 4.79 Å². The Labute approximate surface area is 134 Å². The molecule has 0 saturated carbocycles. The summed E-state index contributed by atoms with van der Waals surface area (Å²) in [5.41, 5.74) is 1.66. The Kier molecular flexibility index (Phi) is 5.53. The summed E-state index contributed by atoms with van der Waals surface area (Å²) in [4.78, 5) is 15.1. The summed E-state index contributed by atoms with van der Waals surface area (Å²) in [6.45, 7) is 0. The predicted octanol–water partition coefficient (Wildman–Crippen LogP) is 4.14. The van der Waals surface area contributed by atoms with Gasteiger partial charge < -0.3 is 10.2 Å². The molecule has 2 aromatic rings. The number of carbonyl (C=O) groups excluding carboxylic acids is 1. The molecule has 2 rings (SSSR count). The number of hydrogen-bond acceptors (Lipinski definition) is 3. The summed E-state index contributed by atoms with van der Waals surface area (Å²) in [7, 11) is 3.86. The van der Waals surface area contributed by atoms with E-state index in [2.05, 4.69) is 5.32 Å². The SMILES string of the molecule is CN(C)c1ccc(Cl)cc1NC(=O)CSc1ccccc1. The number of benzene rings is 2. The van der Waals surface area contributed by atoms with Crippen molar-refractivity contribution in [3.63, 3.8) is 0 Å². The maximum absolute atomic E-state index is 12.1. The Hall–Kier alpha value is -1.65. The Bertz CT molecular complexity index is 617. The summed E-state index contributed by atoms with van der Waals surface area (Å²) in [5, 5.41) is 3.52. The molecule has 0 aliphatic rings. The van der Waals surface area contributed by atoms with Crippen LogP contribution < -0.4 is 10.2 Å². The minimum Gasteiger partial charge on any atom is -0.376 e. The van der Waals surface area contributed by atoms with Crippen molar-refractivity contribution in [1.29, 1.82) is 0 Å². The summed E-state index contributed by atoms with van der Waals surface area (Å²) in [6, 6.07) is 15.3. The van der Waals surface area contributed by atoms with Crippen molar-refractivity contribution in [1.82, 2.24) is 0 Å². The van der Waals surface area contributed by atoms with Crippen LogP contribution in [0, 0.1) is 0 Å². The van der Waals surface area contributed by atoms with E-state index in [1.54, 1.807) is 6.07 Å². The zero-order chi connectivity index (χ0) is 15.2. The van der Waals surface area contributed by atoms with Gasteiger partial charge >= 0.3 is 0 Å². The summed E-state index contributed by atoms with van der Waals surface area (Å²) < 4.78 is 0. The minimum absolute atomic E-state index is 0.0470. The lowest BCUT2D eigenvalue weighted by atomic mass is 10.2. The highest BCUT2D eigenvalue weighted by Crippen LogP contribution is 2.28. The Balaban J connectivity index is 2.01. The molecule has 2 aromatic carbocycles. The Morgan fingerprint density at radius 3 is 2.57 bits per heavy atom. The number of nitrogens with one attached hydrogen (secondary N) is 1. The first-order chi connectivity index (χ1) is 10.1. The third-order valence-corrected chi connectivity index (χ3v) is 4.07. The quantitative estimate of drug-likeness (QED) is 0.840.